The number of nitrogens with one attached hydrogen (secondary N) is 2. The number of ether oxygens (including phenoxy) is 2. The van der Waals surface area contributed by atoms with E-state index in [1.165, 1.54) is 0 Å². The zero-order valence-electron chi connectivity index (χ0n) is 15.2. The minimum absolute atomic E-state index is 0.164. The van der Waals surface area contributed by atoms with Gasteiger partial charge in [0.05, 0.1) is 6.61 Å². The Hall–Kier alpha value is -2.15. The lowest BCUT2D eigenvalue weighted by Crippen LogP contribution is -2.34. The van der Waals surface area contributed by atoms with Crippen molar-refractivity contribution in [2.75, 3.05) is 25.1 Å². The van der Waals surface area contributed by atoms with Crippen LogP contribution in [0.1, 0.15) is 18.9 Å². The molecule has 0 spiro atoms. The molecule has 2 aromatic rings. The van der Waals surface area contributed by atoms with Crippen molar-refractivity contribution in [3.63, 3.8) is 0 Å². The number of rotatable bonds is 9. The number of carbonyl (C=O) groups is 1. The first-order valence-electron chi connectivity index (χ1n) is 8.73. The van der Waals surface area contributed by atoms with Crippen LogP contribution in [0.15, 0.2) is 48.5 Å². The van der Waals surface area contributed by atoms with Crippen molar-refractivity contribution in [3.8, 4) is 5.75 Å². The molecule has 1 amide bonds. The number of halogens is 1. The molecule has 2 N–H and O–H groups in total. The molecule has 0 saturated carbocycles. The molecule has 0 atom stereocenters. The van der Waals surface area contributed by atoms with Crippen molar-refractivity contribution >= 4 is 40.5 Å². The first-order valence-corrected chi connectivity index (χ1v) is 9.52. The van der Waals surface area contributed by atoms with Crippen molar-refractivity contribution in [2.24, 2.45) is 0 Å². The average Bonchev–Trinajstić information content (AvgIpc) is 2.66. The third kappa shape index (κ3) is 7.95. The molecule has 27 heavy (non-hydrogen) atoms. The number of amides is 1. The van der Waals surface area contributed by atoms with Gasteiger partial charge in [0.2, 0.25) is 5.91 Å². The molecular weight excluding hydrogens is 384 g/mol. The van der Waals surface area contributed by atoms with E-state index in [1.807, 2.05) is 55.5 Å². The summed E-state index contributed by atoms with van der Waals surface area (Å²) in [6, 6.07) is 14.8. The highest BCUT2D eigenvalue weighted by molar-refractivity contribution is 7.80. The summed E-state index contributed by atoms with van der Waals surface area (Å²) in [6.45, 7) is 3.67. The maximum atomic E-state index is 12.0. The quantitative estimate of drug-likeness (QED) is 0.482. The molecule has 2 aromatic carbocycles. The standard InChI is InChI=1S/C20H23ClN2O3S/c1-2-25-13-14-26-17-10-8-16(9-11-17)22-20(27)23-19(24)12-7-15-5-3-4-6-18(15)21/h3-6,8-11H,2,7,12-14H2,1H3,(H2,22,23,24,27). The summed E-state index contributed by atoms with van der Waals surface area (Å²) in [5.74, 6) is 0.582. The minimum atomic E-state index is -0.164. The molecule has 5 nitrogen and oxygen atoms in total. The Morgan fingerprint density at radius 1 is 1.11 bits per heavy atom. The zero-order valence-corrected chi connectivity index (χ0v) is 16.7. The number of aryl methyl sites for hydroxylation is 1. The van der Waals surface area contributed by atoms with Crippen LogP contribution in [-0.2, 0) is 16.0 Å². The molecule has 7 heteroatoms. The van der Waals surface area contributed by atoms with Gasteiger partial charge in [-0.15, -0.1) is 0 Å². The van der Waals surface area contributed by atoms with Crippen LogP contribution < -0.4 is 15.4 Å². The lowest BCUT2D eigenvalue weighted by Gasteiger charge is -2.11. The predicted octanol–water partition coefficient (Wildman–Crippen LogP) is 4.20. The molecule has 0 aliphatic carbocycles. The largest absolute Gasteiger partial charge is 0.491 e. The number of carbonyl (C=O) groups excluding carboxylic acids is 1. The Morgan fingerprint density at radius 3 is 2.56 bits per heavy atom. The lowest BCUT2D eigenvalue weighted by atomic mass is 10.1. The van der Waals surface area contributed by atoms with Crippen LogP contribution in [0.2, 0.25) is 5.02 Å². The van der Waals surface area contributed by atoms with Crippen molar-refractivity contribution < 1.29 is 14.3 Å². The number of hydrogen-bond donors (Lipinski definition) is 2. The van der Waals surface area contributed by atoms with Crippen LogP contribution in [0.5, 0.6) is 5.75 Å². The normalized spacial score (nSPS) is 10.3. The molecule has 0 radical (unpaired) electrons. The van der Waals surface area contributed by atoms with E-state index in [2.05, 4.69) is 10.6 Å². The summed E-state index contributed by atoms with van der Waals surface area (Å²) >= 11 is 11.3. The van der Waals surface area contributed by atoms with E-state index in [4.69, 9.17) is 33.3 Å². The SMILES string of the molecule is CCOCCOc1ccc(NC(=S)NC(=O)CCc2ccccc2Cl)cc1. The fourth-order valence-corrected chi connectivity index (χ4v) is 2.76. The van der Waals surface area contributed by atoms with Gasteiger partial charge in [-0.2, -0.15) is 0 Å². The van der Waals surface area contributed by atoms with E-state index < -0.39 is 0 Å². The molecule has 144 valence electrons. The van der Waals surface area contributed by atoms with Gasteiger partial charge >= 0.3 is 0 Å². The first-order chi connectivity index (χ1) is 13.1. The Labute approximate surface area is 170 Å². The van der Waals surface area contributed by atoms with E-state index >= 15 is 0 Å². The first kappa shape index (κ1) is 21.2. The fourth-order valence-electron chi connectivity index (χ4n) is 2.30. The predicted molar refractivity (Wildman–Crippen MR) is 113 cm³/mol. The molecule has 0 aliphatic rings. The van der Waals surface area contributed by atoms with Gasteiger partial charge in [0.1, 0.15) is 12.4 Å². The number of hydrogen-bond acceptors (Lipinski definition) is 4. The Morgan fingerprint density at radius 2 is 1.85 bits per heavy atom. The highest BCUT2D eigenvalue weighted by Crippen LogP contribution is 2.17. The summed E-state index contributed by atoms with van der Waals surface area (Å²) in [4.78, 5) is 12.0. The Kier molecular flexibility index (Phi) is 9.04. The van der Waals surface area contributed by atoms with Crippen LogP contribution in [-0.4, -0.2) is 30.8 Å². The molecule has 0 saturated heterocycles. The third-order valence-electron chi connectivity index (χ3n) is 3.64. The summed E-state index contributed by atoms with van der Waals surface area (Å²) in [7, 11) is 0. The lowest BCUT2D eigenvalue weighted by molar-refractivity contribution is -0.119. The van der Waals surface area contributed by atoms with Gasteiger partial charge in [-0.1, -0.05) is 29.8 Å². The highest BCUT2D eigenvalue weighted by Gasteiger charge is 2.07. The van der Waals surface area contributed by atoms with Crippen molar-refractivity contribution in [1.82, 2.24) is 5.32 Å². The summed E-state index contributed by atoms with van der Waals surface area (Å²) < 4.78 is 10.8. The van der Waals surface area contributed by atoms with Crippen LogP contribution in [0, 0.1) is 0 Å². The van der Waals surface area contributed by atoms with Gasteiger partial charge in [0.15, 0.2) is 5.11 Å². The molecule has 0 heterocycles. The van der Waals surface area contributed by atoms with Gasteiger partial charge in [-0.05, 0) is 61.5 Å². The maximum Gasteiger partial charge on any atom is 0.226 e. The number of thiocarbonyl (C=S) groups is 1. The molecule has 0 unspecified atom stereocenters. The molecule has 0 bridgehead atoms. The smallest absolute Gasteiger partial charge is 0.226 e. The van der Waals surface area contributed by atoms with E-state index in [0.29, 0.717) is 37.7 Å². The van der Waals surface area contributed by atoms with Gasteiger partial charge in [-0.25, -0.2) is 0 Å². The van der Waals surface area contributed by atoms with Gasteiger partial charge in [0.25, 0.3) is 0 Å². The van der Waals surface area contributed by atoms with Crippen LogP contribution in [0.25, 0.3) is 0 Å². The van der Waals surface area contributed by atoms with Gasteiger partial charge in [-0.3, -0.25) is 4.79 Å². The summed E-state index contributed by atoms with van der Waals surface area (Å²) in [5.41, 5.74) is 1.71. The minimum Gasteiger partial charge on any atom is -0.491 e. The van der Waals surface area contributed by atoms with E-state index in [9.17, 15) is 4.79 Å². The average molecular weight is 407 g/mol. The Balaban J connectivity index is 1.73. The second-order valence-corrected chi connectivity index (χ2v) is 6.48. The number of benzene rings is 2. The summed E-state index contributed by atoms with van der Waals surface area (Å²) in [6.07, 6.45) is 0.861. The second-order valence-electron chi connectivity index (χ2n) is 5.66. The van der Waals surface area contributed by atoms with Crippen molar-refractivity contribution in [3.05, 3.63) is 59.1 Å². The van der Waals surface area contributed by atoms with Gasteiger partial charge in [0, 0.05) is 23.7 Å². The fraction of sp³-hybridized carbons (Fsp3) is 0.300. The topological polar surface area (TPSA) is 59.6 Å². The van der Waals surface area contributed by atoms with Crippen LogP contribution in [0.4, 0.5) is 5.69 Å². The van der Waals surface area contributed by atoms with Crippen molar-refractivity contribution in [1.29, 1.82) is 0 Å². The van der Waals surface area contributed by atoms with Crippen LogP contribution in [0.3, 0.4) is 0 Å². The highest BCUT2D eigenvalue weighted by atomic mass is 35.5. The summed E-state index contributed by atoms with van der Waals surface area (Å²) in [5, 5.41) is 6.57. The third-order valence-corrected chi connectivity index (χ3v) is 4.22. The van der Waals surface area contributed by atoms with E-state index in [0.717, 1.165) is 17.0 Å². The molecule has 0 fully saturated rings. The Bertz CT molecular complexity index is 753. The second kappa shape index (κ2) is 11.5. The van der Waals surface area contributed by atoms with Gasteiger partial charge < -0.3 is 20.1 Å². The molecule has 2 rings (SSSR count). The monoisotopic (exact) mass is 406 g/mol. The van der Waals surface area contributed by atoms with E-state index in [1.54, 1.807) is 0 Å². The molecular formula is C20H23ClN2O3S. The molecule has 0 aliphatic heterocycles. The van der Waals surface area contributed by atoms with Crippen molar-refractivity contribution in [2.45, 2.75) is 19.8 Å². The van der Waals surface area contributed by atoms with E-state index in [-0.39, 0.29) is 11.0 Å². The van der Waals surface area contributed by atoms with Crippen LogP contribution >= 0.6 is 23.8 Å². The number of anilines is 1. The zero-order chi connectivity index (χ0) is 19.5. The molecule has 0 aromatic heterocycles. The maximum absolute atomic E-state index is 12.0.